The molecule has 3 rings (SSSR count). The zero-order valence-corrected chi connectivity index (χ0v) is 14.2. The summed E-state index contributed by atoms with van der Waals surface area (Å²) in [6.45, 7) is 6.43. The van der Waals surface area contributed by atoms with Gasteiger partial charge < -0.3 is 4.90 Å². The van der Waals surface area contributed by atoms with Crippen molar-refractivity contribution in [2.24, 2.45) is 0 Å². The summed E-state index contributed by atoms with van der Waals surface area (Å²) in [5.41, 5.74) is 3.74. The first-order chi connectivity index (χ1) is 11.1. The van der Waals surface area contributed by atoms with Crippen molar-refractivity contribution in [3.8, 4) is 0 Å². The van der Waals surface area contributed by atoms with Crippen LogP contribution in [0.1, 0.15) is 55.8 Å². The van der Waals surface area contributed by atoms with Gasteiger partial charge >= 0.3 is 0 Å². The number of amides is 1. The van der Waals surface area contributed by atoms with E-state index in [4.69, 9.17) is 0 Å². The highest BCUT2D eigenvalue weighted by atomic mass is 16.2. The third kappa shape index (κ3) is 2.90. The summed E-state index contributed by atoms with van der Waals surface area (Å²) in [4.78, 5) is 15.4. The molecule has 0 N–H and O–H groups in total. The van der Waals surface area contributed by atoms with Crippen LogP contribution in [0.4, 0.5) is 0 Å². The molecule has 2 aromatic rings. The number of carbonyl (C=O) groups excluding carboxylic acids is 1. The largest absolute Gasteiger partial charge is 0.332 e. The first-order valence-electron chi connectivity index (χ1n) is 8.58. The van der Waals surface area contributed by atoms with Crippen molar-refractivity contribution < 1.29 is 4.79 Å². The second-order valence-electron chi connectivity index (χ2n) is 6.54. The molecule has 3 atom stereocenters. The van der Waals surface area contributed by atoms with E-state index in [9.17, 15) is 4.79 Å². The lowest BCUT2D eigenvalue weighted by atomic mass is 9.91. The Morgan fingerprint density at radius 1 is 1.09 bits per heavy atom. The molecule has 0 saturated carbocycles. The van der Waals surface area contributed by atoms with Gasteiger partial charge in [-0.1, -0.05) is 61.5 Å². The third-order valence-electron chi connectivity index (χ3n) is 5.08. The number of fused-ring (bicyclic) bond motifs is 1. The van der Waals surface area contributed by atoms with Crippen molar-refractivity contribution in [3.63, 3.8) is 0 Å². The van der Waals surface area contributed by atoms with Gasteiger partial charge in [0.2, 0.25) is 5.91 Å². The normalized spacial score (nSPS) is 22.4. The third-order valence-corrected chi connectivity index (χ3v) is 5.08. The number of rotatable bonds is 3. The SMILES string of the molecule is CC[C@@H]1C(=O)N([C@@H](C)c2ccccc2)[C@@H](C)Cc2ccccc21. The zero-order valence-electron chi connectivity index (χ0n) is 14.2. The molecule has 23 heavy (non-hydrogen) atoms. The molecule has 0 aliphatic carbocycles. The van der Waals surface area contributed by atoms with Crippen LogP contribution in [0.5, 0.6) is 0 Å². The molecule has 0 spiro atoms. The molecule has 2 nitrogen and oxygen atoms in total. The van der Waals surface area contributed by atoms with Gasteiger partial charge in [0, 0.05) is 6.04 Å². The molecular formula is C21H25NO. The zero-order chi connectivity index (χ0) is 16.4. The Bertz CT molecular complexity index is 679. The lowest BCUT2D eigenvalue weighted by Gasteiger charge is -2.35. The fourth-order valence-corrected chi connectivity index (χ4v) is 3.87. The second kappa shape index (κ2) is 6.57. The van der Waals surface area contributed by atoms with E-state index < -0.39 is 0 Å². The highest BCUT2D eigenvalue weighted by Crippen LogP contribution is 2.35. The van der Waals surface area contributed by atoms with Crippen molar-refractivity contribution in [1.29, 1.82) is 0 Å². The minimum atomic E-state index is -0.0256. The average Bonchev–Trinajstić information content (AvgIpc) is 2.68. The Labute approximate surface area is 139 Å². The minimum absolute atomic E-state index is 0.0256. The lowest BCUT2D eigenvalue weighted by molar-refractivity contribution is -0.137. The van der Waals surface area contributed by atoms with Gasteiger partial charge in [0.05, 0.1) is 12.0 Å². The van der Waals surface area contributed by atoms with Gasteiger partial charge in [0.15, 0.2) is 0 Å². The Kier molecular flexibility index (Phi) is 4.51. The highest BCUT2D eigenvalue weighted by Gasteiger charge is 2.35. The number of benzene rings is 2. The second-order valence-corrected chi connectivity index (χ2v) is 6.54. The van der Waals surface area contributed by atoms with E-state index in [-0.39, 0.29) is 23.9 Å². The Morgan fingerprint density at radius 3 is 2.43 bits per heavy atom. The minimum Gasteiger partial charge on any atom is -0.332 e. The predicted molar refractivity (Wildman–Crippen MR) is 94.3 cm³/mol. The Balaban J connectivity index is 2.01. The van der Waals surface area contributed by atoms with Crippen LogP contribution in [0, 0.1) is 0 Å². The summed E-state index contributed by atoms with van der Waals surface area (Å²) >= 11 is 0. The van der Waals surface area contributed by atoms with Crippen molar-refractivity contribution >= 4 is 5.91 Å². The van der Waals surface area contributed by atoms with Crippen LogP contribution in [-0.2, 0) is 11.2 Å². The quantitative estimate of drug-likeness (QED) is 0.804. The fraction of sp³-hybridized carbons (Fsp3) is 0.381. The van der Waals surface area contributed by atoms with Gasteiger partial charge in [-0.15, -0.1) is 0 Å². The van der Waals surface area contributed by atoms with Crippen LogP contribution >= 0.6 is 0 Å². The summed E-state index contributed by atoms with van der Waals surface area (Å²) in [7, 11) is 0. The molecule has 0 unspecified atom stereocenters. The summed E-state index contributed by atoms with van der Waals surface area (Å²) < 4.78 is 0. The summed E-state index contributed by atoms with van der Waals surface area (Å²) in [6.07, 6.45) is 1.77. The van der Waals surface area contributed by atoms with E-state index >= 15 is 0 Å². The van der Waals surface area contributed by atoms with E-state index in [1.54, 1.807) is 0 Å². The molecule has 0 radical (unpaired) electrons. The molecule has 0 saturated heterocycles. The molecule has 120 valence electrons. The van der Waals surface area contributed by atoms with Crippen LogP contribution in [0.2, 0.25) is 0 Å². The van der Waals surface area contributed by atoms with Crippen LogP contribution in [0.25, 0.3) is 0 Å². The topological polar surface area (TPSA) is 20.3 Å². The van der Waals surface area contributed by atoms with Gasteiger partial charge in [-0.25, -0.2) is 0 Å². The smallest absolute Gasteiger partial charge is 0.230 e. The van der Waals surface area contributed by atoms with Gasteiger partial charge in [0.25, 0.3) is 0 Å². The Morgan fingerprint density at radius 2 is 1.74 bits per heavy atom. The van der Waals surface area contributed by atoms with Crippen LogP contribution in [-0.4, -0.2) is 16.8 Å². The number of nitrogens with zero attached hydrogens (tertiary/aromatic N) is 1. The molecule has 0 fully saturated rings. The fourth-order valence-electron chi connectivity index (χ4n) is 3.87. The maximum atomic E-state index is 13.3. The molecule has 1 aliphatic heterocycles. The van der Waals surface area contributed by atoms with E-state index in [2.05, 4.69) is 62.1 Å². The number of hydrogen-bond donors (Lipinski definition) is 0. The Hall–Kier alpha value is -2.09. The van der Waals surface area contributed by atoms with E-state index in [0.29, 0.717) is 0 Å². The van der Waals surface area contributed by atoms with Gasteiger partial charge in [-0.3, -0.25) is 4.79 Å². The molecule has 1 aliphatic rings. The van der Waals surface area contributed by atoms with Crippen molar-refractivity contribution in [2.75, 3.05) is 0 Å². The van der Waals surface area contributed by atoms with Crippen LogP contribution in [0.3, 0.4) is 0 Å². The van der Waals surface area contributed by atoms with Crippen molar-refractivity contribution in [3.05, 3.63) is 71.3 Å². The number of hydrogen-bond acceptors (Lipinski definition) is 1. The maximum absolute atomic E-state index is 13.3. The molecule has 2 aromatic carbocycles. The lowest BCUT2D eigenvalue weighted by Crippen LogP contribution is -2.42. The van der Waals surface area contributed by atoms with Crippen molar-refractivity contribution in [2.45, 2.75) is 51.6 Å². The molecular weight excluding hydrogens is 282 g/mol. The van der Waals surface area contributed by atoms with E-state index in [1.165, 1.54) is 16.7 Å². The molecule has 0 bridgehead atoms. The van der Waals surface area contributed by atoms with Gasteiger partial charge in [-0.05, 0) is 43.4 Å². The van der Waals surface area contributed by atoms with Crippen molar-refractivity contribution in [1.82, 2.24) is 4.90 Å². The predicted octanol–water partition coefficient (Wildman–Crippen LogP) is 4.71. The molecule has 1 amide bonds. The van der Waals surface area contributed by atoms with Crippen LogP contribution in [0.15, 0.2) is 54.6 Å². The molecule has 0 aromatic heterocycles. The van der Waals surface area contributed by atoms with Crippen LogP contribution < -0.4 is 0 Å². The highest BCUT2D eigenvalue weighted by molar-refractivity contribution is 5.85. The van der Waals surface area contributed by atoms with Gasteiger partial charge in [0.1, 0.15) is 0 Å². The average molecular weight is 307 g/mol. The summed E-state index contributed by atoms with van der Waals surface area (Å²) in [5, 5.41) is 0. The van der Waals surface area contributed by atoms with E-state index in [1.807, 2.05) is 18.2 Å². The first-order valence-corrected chi connectivity index (χ1v) is 8.58. The first kappa shape index (κ1) is 15.8. The molecule has 2 heteroatoms. The summed E-state index contributed by atoms with van der Waals surface area (Å²) in [6, 6.07) is 19.1. The monoisotopic (exact) mass is 307 g/mol. The number of carbonyl (C=O) groups is 1. The van der Waals surface area contributed by atoms with E-state index in [0.717, 1.165) is 12.8 Å². The molecule has 1 heterocycles. The maximum Gasteiger partial charge on any atom is 0.230 e. The summed E-state index contributed by atoms with van der Waals surface area (Å²) in [5.74, 6) is 0.239. The standard InChI is InChI=1S/C21H25NO/c1-4-19-20-13-9-8-12-18(20)14-15(2)22(21(19)23)16(3)17-10-6-5-7-11-17/h5-13,15-16,19H,4,14H2,1-3H3/t15-,16-,19-/m0/s1. The van der Waals surface area contributed by atoms with Gasteiger partial charge in [-0.2, -0.15) is 0 Å².